The van der Waals surface area contributed by atoms with Crippen molar-refractivity contribution < 1.29 is 13.9 Å². The largest absolute Gasteiger partial charge is 0.391 e. The van der Waals surface area contributed by atoms with Crippen molar-refractivity contribution in [2.75, 3.05) is 0 Å². The van der Waals surface area contributed by atoms with Crippen molar-refractivity contribution in [2.45, 2.75) is 18.6 Å². The van der Waals surface area contributed by atoms with Crippen molar-refractivity contribution in [2.24, 2.45) is 5.73 Å². The molecule has 2 nitrogen and oxygen atoms in total. The molecule has 2 aromatic rings. The SMILES string of the molecule is Cl.N[C@@H](c1c(F)cccc1F)[C@H](O)Cc1ccccc1. The molecular formula is C15H16ClF2NO. The highest BCUT2D eigenvalue weighted by atomic mass is 35.5. The molecular weight excluding hydrogens is 284 g/mol. The van der Waals surface area contributed by atoms with Gasteiger partial charge in [0.05, 0.1) is 12.1 Å². The third-order valence-electron chi connectivity index (χ3n) is 3.04. The molecule has 0 aliphatic carbocycles. The summed E-state index contributed by atoms with van der Waals surface area (Å²) in [4.78, 5) is 0. The van der Waals surface area contributed by atoms with Gasteiger partial charge >= 0.3 is 0 Å². The van der Waals surface area contributed by atoms with Gasteiger partial charge in [-0.3, -0.25) is 0 Å². The van der Waals surface area contributed by atoms with Crippen LogP contribution in [0.5, 0.6) is 0 Å². The number of rotatable bonds is 4. The second-order valence-corrected chi connectivity index (χ2v) is 4.42. The van der Waals surface area contributed by atoms with Gasteiger partial charge in [0.2, 0.25) is 0 Å². The summed E-state index contributed by atoms with van der Waals surface area (Å²) in [5.74, 6) is -1.47. The van der Waals surface area contributed by atoms with E-state index in [0.717, 1.165) is 17.7 Å². The van der Waals surface area contributed by atoms with Crippen LogP contribution in [0, 0.1) is 11.6 Å². The number of hydrogen-bond donors (Lipinski definition) is 2. The predicted molar refractivity (Wildman–Crippen MR) is 76.7 cm³/mol. The lowest BCUT2D eigenvalue weighted by Gasteiger charge is -2.20. The summed E-state index contributed by atoms with van der Waals surface area (Å²) in [6, 6.07) is 11.6. The molecule has 3 N–H and O–H groups in total. The summed E-state index contributed by atoms with van der Waals surface area (Å²) in [5, 5.41) is 10.0. The van der Waals surface area contributed by atoms with E-state index in [2.05, 4.69) is 0 Å². The van der Waals surface area contributed by atoms with Crippen LogP contribution in [0.4, 0.5) is 8.78 Å². The van der Waals surface area contributed by atoms with Crippen molar-refractivity contribution in [3.63, 3.8) is 0 Å². The fourth-order valence-electron chi connectivity index (χ4n) is 2.00. The van der Waals surface area contributed by atoms with Gasteiger partial charge in [-0.2, -0.15) is 0 Å². The van der Waals surface area contributed by atoms with E-state index in [9.17, 15) is 13.9 Å². The second-order valence-electron chi connectivity index (χ2n) is 4.42. The molecule has 5 heteroatoms. The van der Waals surface area contributed by atoms with Crippen molar-refractivity contribution in [1.29, 1.82) is 0 Å². The van der Waals surface area contributed by atoms with Gasteiger partial charge in [0.15, 0.2) is 0 Å². The second kappa shape index (κ2) is 7.33. The molecule has 108 valence electrons. The zero-order valence-electron chi connectivity index (χ0n) is 10.7. The molecule has 0 heterocycles. The number of halogens is 3. The topological polar surface area (TPSA) is 46.2 Å². The fraction of sp³-hybridized carbons (Fsp3) is 0.200. The van der Waals surface area contributed by atoms with Gasteiger partial charge < -0.3 is 10.8 Å². The Balaban J connectivity index is 0.00000200. The Hall–Kier alpha value is -1.49. The van der Waals surface area contributed by atoms with Gasteiger partial charge in [0, 0.05) is 12.0 Å². The van der Waals surface area contributed by atoms with Crippen LogP contribution in [0.3, 0.4) is 0 Å². The number of hydrogen-bond acceptors (Lipinski definition) is 2. The zero-order chi connectivity index (χ0) is 13.8. The Bertz CT molecular complexity index is 531. The van der Waals surface area contributed by atoms with Gasteiger partial charge in [-0.05, 0) is 17.7 Å². The van der Waals surface area contributed by atoms with Crippen LogP contribution >= 0.6 is 12.4 Å². The third-order valence-corrected chi connectivity index (χ3v) is 3.04. The number of aliphatic hydroxyl groups excluding tert-OH is 1. The number of benzene rings is 2. The van der Waals surface area contributed by atoms with E-state index in [1.807, 2.05) is 30.3 Å². The number of aliphatic hydroxyl groups is 1. The first-order chi connectivity index (χ1) is 9.09. The molecule has 0 aliphatic heterocycles. The van der Waals surface area contributed by atoms with E-state index < -0.39 is 23.8 Å². The molecule has 2 rings (SSSR count). The Morgan fingerprint density at radius 1 is 0.950 bits per heavy atom. The first kappa shape index (κ1) is 16.6. The van der Waals surface area contributed by atoms with E-state index >= 15 is 0 Å². The third kappa shape index (κ3) is 3.76. The van der Waals surface area contributed by atoms with Crippen molar-refractivity contribution in [3.8, 4) is 0 Å². The average Bonchev–Trinajstić information content (AvgIpc) is 2.39. The monoisotopic (exact) mass is 299 g/mol. The van der Waals surface area contributed by atoms with Gasteiger partial charge in [0.25, 0.3) is 0 Å². The molecule has 0 radical (unpaired) electrons. The Labute approximate surface area is 122 Å². The van der Waals surface area contributed by atoms with Crippen LogP contribution in [0.1, 0.15) is 17.2 Å². The average molecular weight is 300 g/mol. The maximum Gasteiger partial charge on any atom is 0.131 e. The van der Waals surface area contributed by atoms with Crippen molar-refractivity contribution >= 4 is 12.4 Å². The van der Waals surface area contributed by atoms with Gasteiger partial charge in [-0.1, -0.05) is 36.4 Å². The minimum atomic E-state index is -1.10. The molecule has 0 aromatic heterocycles. The zero-order valence-corrected chi connectivity index (χ0v) is 11.5. The summed E-state index contributed by atoms with van der Waals surface area (Å²) in [6.07, 6.45) is -0.802. The lowest BCUT2D eigenvalue weighted by molar-refractivity contribution is 0.141. The minimum Gasteiger partial charge on any atom is -0.391 e. The van der Waals surface area contributed by atoms with E-state index in [4.69, 9.17) is 5.73 Å². The first-order valence-electron chi connectivity index (χ1n) is 6.01. The molecule has 0 saturated carbocycles. The highest BCUT2D eigenvalue weighted by Crippen LogP contribution is 2.23. The number of nitrogens with two attached hydrogens (primary N) is 1. The molecule has 0 unspecified atom stereocenters. The van der Waals surface area contributed by atoms with Crippen LogP contribution < -0.4 is 5.73 Å². The molecule has 0 fully saturated rings. The highest BCUT2D eigenvalue weighted by Gasteiger charge is 2.23. The van der Waals surface area contributed by atoms with Crippen LogP contribution in [-0.2, 0) is 6.42 Å². The normalized spacial score (nSPS) is 13.4. The Morgan fingerprint density at radius 3 is 2.05 bits per heavy atom. The van der Waals surface area contributed by atoms with E-state index in [1.165, 1.54) is 6.07 Å². The summed E-state index contributed by atoms with van der Waals surface area (Å²) in [5.41, 5.74) is 6.35. The van der Waals surface area contributed by atoms with Crippen molar-refractivity contribution in [3.05, 3.63) is 71.3 Å². The first-order valence-corrected chi connectivity index (χ1v) is 6.01. The molecule has 20 heavy (non-hydrogen) atoms. The summed E-state index contributed by atoms with van der Waals surface area (Å²) in [6.45, 7) is 0. The highest BCUT2D eigenvalue weighted by molar-refractivity contribution is 5.85. The standard InChI is InChI=1S/C15H15F2NO.ClH/c16-11-7-4-8-12(17)14(11)15(18)13(19)9-10-5-2-1-3-6-10;/h1-8,13,15,19H,9,18H2;1H/t13-,15-;/m1./s1. The van der Waals surface area contributed by atoms with Crippen LogP contribution in [0.25, 0.3) is 0 Å². The van der Waals surface area contributed by atoms with Gasteiger partial charge in [0.1, 0.15) is 11.6 Å². The maximum atomic E-state index is 13.6. The molecule has 0 bridgehead atoms. The van der Waals surface area contributed by atoms with Gasteiger partial charge in [-0.15, -0.1) is 12.4 Å². The summed E-state index contributed by atoms with van der Waals surface area (Å²) in [7, 11) is 0. The van der Waals surface area contributed by atoms with E-state index in [-0.39, 0.29) is 24.4 Å². The summed E-state index contributed by atoms with van der Waals surface area (Å²) < 4.78 is 27.1. The van der Waals surface area contributed by atoms with Crippen LogP contribution in [0.2, 0.25) is 0 Å². The Morgan fingerprint density at radius 2 is 1.50 bits per heavy atom. The quantitative estimate of drug-likeness (QED) is 0.911. The lowest BCUT2D eigenvalue weighted by atomic mass is 9.96. The van der Waals surface area contributed by atoms with E-state index in [0.29, 0.717) is 0 Å². The Kier molecular flexibility index (Phi) is 6.07. The minimum absolute atomic E-state index is 0. The van der Waals surface area contributed by atoms with Crippen LogP contribution in [0.15, 0.2) is 48.5 Å². The molecule has 0 amide bonds. The maximum absolute atomic E-state index is 13.6. The molecule has 2 atom stereocenters. The molecule has 0 aliphatic rings. The van der Waals surface area contributed by atoms with Crippen molar-refractivity contribution in [1.82, 2.24) is 0 Å². The lowest BCUT2D eigenvalue weighted by Crippen LogP contribution is -2.29. The van der Waals surface area contributed by atoms with Gasteiger partial charge in [-0.25, -0.2) is 8.78 Å². The molecule has 0 spiro atoms. The molecule has 2 aromatic carbocycles. The summed E-state index contributed by atoms with van der Waals surface area (Å²) >= 11 is 0. The fourth-order valence-corrected chi connectivity index (χ4v) is 2.00. The smallest absolute Gasteiger partial charge is 0.131 e. The molecule has 0 saturated heterocycles. The predicted octanol–water partition coefficient (Wildman–Crippen LogP) is 2.99. The van der Waals surface area contributed by atoms with E-state index in [1.54, 1.807) is 0 Å². The van der Waals surface area contributed by atoms with Crippen LogP contribution in [-0.4, -0.2) is 11.2 Å².